The quantitative estimate of drug-likeness (QED) is 0.569. The van der Waals surface area contributed by atoms with Crippen molar-refractivity contribution in [3.8, 4) is 0 Å². The summed E-state index contributed by atoms with van der Waals surface area (Å²) in [7, 11) is 0. The Labute approximate surface area is 116 Å². The van der Waals surface area contributed by atoms with Crippen LogP contribution in [0.25, 0.3) is 0 Å². The monoisotopic (exact) mass is 252 g/mol. The van der Waals surface area contributed by atoms with Gasteiger partial charge in [0, 0.05) is 0 Å². The Morgan fingerprint density at radius 3 is 3.00 bits per heavy atom. The zero-order valence-electron chi connectivity index (χ0n) is 12.2. The van der Waals surface area contributed by atoms with E-state index >= 15 is 0 Å². The SMILES string of the molecule is Cc1ccc2c(c1)CCC1C2CC[C@]2(C)C=CCC12. The number of aryl methyl sites for hydroxylation is 2. The third-order valence-electron chi connectivity index (χ3n) is 6.21. The van der Waals surface area contributed by atoms with E-state index < -0.39 is 0 Å². The summed E-state index contributed by atoms with van der Waals surface area (Å²) in [6.45, 7) is 4.73. The third kappa shape index (κ3) is 1.65. The minimum absolute atomic E-state index is 0.517. The molecule has 0 heterocycles. The summed E-state index contributed by atoms with van der Waals surface area (Å²) in [4.78, 5) is 0. The van der Waals surface area contributed by atoms with Crippen molar-refractivity contribution in [1.29, 1.82) is 0 Å². The highest BCUT2D eigenvalue weighted by Gasteiger charge is 2.48. The van der Waals surface area contributed by atoms with Crippen LogP contribution in [0.4, 0.5) is 0 Å². The molecule has 4 rings (SSSR count). The van der Waals surface area contributed by atoms with Gasteiger partial charge in [-0.3, -0.25) is 0 Å². The molecule has 0 nitrogen and oxygen atoms in total. The maximum atomic E-state index is 2.53. The fourth-order valence-corrected chi connectivity index (χ4v) is 5.19. The van der Waals surface area contributed by atoms with E-state index in [-0.39, 0.29) is 0 Å². The van der Waals surface area contributed by atoms with E-state index in [1.807, 2.05) is 0 Å². The lowest BCUT2D eigenvalue weighted by Gasteiger charge is -2.49. The van der Waals surface area contributed by atoms with Crippen molar-refractivity contribution >= 4 is 0 Å². The van der Waals surface area contributed by atoms with Crippen LogP contribution in [0.5, 0.6) is 0 Å². The molecule has 1 aromatic carbocycles. The highest BCUT2D eigenvalue weighted by molar-refractivity contribution is 5.38. The normalized spacial score (nSPS) is 39.6. The molecule has 3 aliphatic rings. The van der Waals surface area contributed by atoms with E-state index in [1.54, 1.807) is 11.1 Å². The molecule has 1 aromatic rings. The van der Waals surface area contributed by atoms with Gasteiger partial charge >= 0.3 is 0 Å². The van der Waals surface area contributed by atoms with E-state index in [0.717, 1.165) is 17.8 Å². The number of fused-ring (bicyclic) bond motifs is 5. The minimum atomic E-state index is 0.517. The summed E-state index contributed by atoms with van der Waals surface area (Å²) in [5.41, 5.74) is 5.29. The standard InChI is InChI=1S/C19H24/c1-13-5-7-15-14(12-13)6-8-17-16(15)9-11-19(2)10-3-4-18(17)19/h3,5,7,10,12,16-18H,4,6,8-9,11H2,1-2H3/t16?,17?,18?,19-/m0/s1. The van der Waals surface area contributed by atoms with Crippen molar-refractivity contribution in [3.05, 3.63) is 47.0 Å². The first-order chi connectivity index (χ1) is 9.17. The average molecular weight is 252 g/mol. The Kier molecular flexibility index (Phi) is 2.46. The molecule has 0 spiro atoms. The predicted octanol–water partition coefficient (Wildman–Crippen LogP) is 5.02. The number of rotatable bonds is 0. The van der Waals surface area contributed by atoms with Gasteiger partial charge in [-0.25, -0.2) is 0 Å². The van der Waals surface area contributed by atoms with Crippen molar-refractivity contribution in [2.75, 3.05) is 0 Å². The summed E-state index contributed by atoms with van der Waals surface area (Å²) >= 11 is 0. The molecule has 100 valence electrons. The van der Waals surface area contributed by atoms with Gasteiger partial charge in [-0.1, -0.05) is 42.8 Å². The summed E-state index contributed by atoms with van der Waals surface area (Å²) < 4.78 is 0. The molecule has 1 saturated carbocycles. The predicted molar refractivity (Wildman–Crippen MR) is 80.3 cm³/mol. The molecule has 0 heteroatoms. The van der Waals surface area contributed by atoms with Gasteiger partial charge in [-0.2, -0.15) is 0 Å². The van der Waals surface area contributed by atoms with Crippen LogP contribution in [0.15, 0.2) is 30.4 Å². The van der Waals surface area contributed by atoms with E-state index in [0.29, 0.717) is 5.41 Å². The average Bonchev–Trinajstić information content (AvgIpc) is 2.79. The maximum absolute atomic E-state index is 2.53. The van der Waals surface area contributed by atoms with Crippen LogP contribution in [0.2, 0.25) is 0 Å². The second kappa shape index (κ2) is 3.98. The highest BCUT2D eigenvalue weighted by Crippen LogP contribution is 2.58. The van der Waals surface area contributed by atoms with Crippen LogP contribution in [0.3, 0.4) is 0 Å². The molecule has 0 aliphatic heterocycles. The van der Waals surface area contributed by atoms with Gasteiger partial charge in [-0.15, -0.1) is 0 Å². The second-order valence-electron chi connectivity index (χ2n) is 7.30. The molecule has 3 aliphatic carbocycles. The molecule has 0 radical (unpaired) electrons. The Morgan fingerprint density at radius 2 is 2.11 bits per heavy atom. The first-order valence-corrected chi connectivity index (χ1v) is 7.94. The van der Waals surface area contributed by atoms with Crippen LogP contribution in [0.1, 0.15) is 55.2 Å². The van der Waals surface area contributed by atoms with Crippen LogP contribution < -0.4 is 0 Å². The molecular weight excluding hydrogens is 228 g/mol. The molecule has 19 heavy (non-hydrogen) atoms. The zero-order chi connectivity index (χ0) is 13.0. The van der Waals surface area contributed by atoms with E-state index in [1.165, 1.54) is 37.7 Å². The van der Waals surface area contributed by atoms with Crippen LogP contribution in [-0.4, -0.2) is 0 Å². The topological polar surface area (TPSA) is 0 Å². The summed E-state index contributed by atoms with van der Waals surface area (Å²) in [6.07, 6.45) is 11.8. The van der Waals surface area contributed by atoms with Crippen molar-refractivity contribution in [2.45, 2.75) is 51.9 Å². The Balaban J connectivity index is 1.73. The molecule has 4 atom stereocenters. The molecule has 3 unspecified atom stereocenters. The van der Waals surface area contributed by atoms with Gasteiger partial charge in [0.2, 0.25) is 0 Å². The number of benzene rings is 1. The number of hydrogen-bond donors (Lipinski definition) is 0. The number of allylic oxidation sites excluding steroid dienone is 2. The maximum Gasteiger partial charge on any atom is -0.0112 e. The lowest BCUT2D eigenvalue weighted by atomic mass is 9.56. The molecule has 0 bridgehead atoms. The van der Waals surface area contributed by atoms with Crippen molar-refractivity contribution in [1.82, 2.24) is 0 Å². The molecule has 0 saturated heterocycles. The first kappa shape index (κ1) is 11.8. The lowest BCUT2D eigenvalue weighted by Crippen LogP contribution is -2.39. The molecule has 1 fully saturated rings. The molecular formula is C19H24. The van der Waals surface area contributed by atoms with Gasteiger partial charge in [0.05, 0.1) is 0 Å². The second-order valence-corrected chi connectivity index (χ2v) is 7.30. The minimum Gasteiger partial charge on any atom is -0.0877 e. The van der Waals surface area contributed by atoms with Crippen molar-refractivity contribution in [3.63, 3.8) is 0 Å². The van der Waals surface area contributed by atoms with Crippen molar-refractivity contribution < 1.29 is 0 Å². The van der Waals surface area contributed by atoms with E-state index in [4.69, 9.17) is 0 Å². The van der Waals surface area contributed by atoms with Crippen molar-refractivity contribution in [2.24, 2.45) is 17.3 Å². The third-order valence-corrected chi connectivity index (χ3v) is 6.21. The van der Waals surface area contributed by atoms with Gasteiger partial charge in [0.15, 0.2) is 0 Å². The number of hydrogen-bond acceptors (Lipinski definition) is 0. The van der Waals surface area contributed by atoms with E-state index in [2.05, 4.69) is 44.2 Å². The molecule has 0 amide bonds. The fraction of sp³-hybridized carbons (Fsp3) is 0.579. The molecule has 0 aromatic heterocycles. The summed E-state index contributed by atoms with van der Waals surface area (Å²) in [5, 5.41) is 0. The highest BCUT2D eigenvalue weighted by atomic mass is 14.5. The van der Waals surface area contributed by atoms with Gasteiger partial charge < -0.3 is 0 Å². The Morgan fingerprint density at radius 1 is 1.21 bits per heavy atom. The Hall–Kier alpha value is -1.04. The Bertz CT molecular complexity index is 539. The zero-order valence-corrected chi connectivity index (χ0v) is 12.2. The lowest BCUT2D eigenvalue weighted by molar-refractivity contribution is 0.0826. The summed E-state index contributed by atoms with van der Waals surface area (Å²) in [6, 6.07) is 7.20. The molecule has 0 N–H and O–H groups in total. The van der Waals surface area contributed by atoms with Gasteiger partial charge in [0.1, 0.15) is 0 Å². The summed E-state index contributed by atoms with van der Waals surface area (Å²) in [5.74, 6) is 2.70. The fourth-order valence-electron chi connectivity index (χ4n) is 5.19. The smallest absolute Gasteiger partial charge is 0.0112 e. The van der Waals surface area contributed by atoms with Gasteiger partial charge in [0.25, 0.3) is 0 Å². The largest absolute Gasteiger partial charge is 0.0877 e. The van der Waals surface area contributed by atoms with E-state index in [9.17, 15) is 0 Å². The van der Waals surface area contributed by atoms with Crippen LogP contribution in [-0.2, 0) is 6.42 Å². The van der Waals surface area contributed by atoms with Crippen LogP contribution in [0, 0.1) is 24.2 Å². The van der Waals surface area contributed by atoms with Crippen LogP contribution >= 0.6 is 0 Å². The van der Waals surface area contributed by atoms with Gasteiger partial charge in [-0.05, 0) is 73.3 Å². The first-order valence-electron chi connectivity index (χ1n) is 7.94.